The lowest BCUT2D eigenvalue weighted by molar-refractivity contribution is -0.577. The Bertz CT molecular complexity index is 748. The number of aromatic carboxylic acids is 1. The number of nitrogens with one attached hydrogen (secondary N) is 1. The third kappa shape index (κ3) is 1.38. The lowest BCUT2D eigenvalue weighted by Crippen LogP contribution is -2.24. The number of carboxylic acid groups (broad SMARTS) is 1. The second kappa shape index (κ2) is 3.18. The van der Waals surface area contributed by atoms with Crippen molar-refractivity contribution in [2.24, 2.45) is 0 Å². The number of benzene rings is 1. The van der Waals surface area contributed by atoms with Crippen molar-refractivity contribution in [3.8, 4) is 5.75 Å². The Morgan fingerprint density at radius 1 is 1.41 bits per heavy atom. The number of phenols is 1. The van der Waals surface area contributed by atoms with Gasteiger partial charge in [0, 0.05) is 0 Å². The molecule has 0 bridgehead atoms. The Morgan fingerprint density at radius 3 is 3.00 bits per heavy atom. The zero-order valence-corrected chi connectivity index (χ0v) is 8.58. The smallest absolute Gasteiger partial charge is 0.356 e. The molecule has 1 aromatic carbocycles. The molecular weight excluding hydrogens is 222 g/mol. The zero-order chi connectivity index (χ0) is 12.0. The predicted molar refractivity (Wildman–Crippen MR) is 57.9 cm³/mol. The van der Waals surface area contributed by atoms with Crippen molar-refractivity contribution >= 4 is 22.5 Å². The van der Waals surface area contributed by atoms with Crippen molar-refractivity contribution in [3.63, 3.8) is 0 Å². The standard InChI is InChI=1S/C11H7N3O3/c15-9-3-1-2-7-6(9)5-14-10(12-7)4-8(13-14)11(16)17/h1-5H,(H2,12,13,15,16,17)/p+1. The van der Waals surface area contributed by atoms with Crippen LogP contribution >= 0.6 is 0 Å². The minimum absolute atomic E-state index is 0.0484. The molecule has 0 aliphatic rings. The molecule has 3 N–H and O–H groups in total. The normalized spacial score (nSPS) is 11.1. The average molecular weight is 230 g/mol. The van der Waals surface area contributed by atoms with Gasteiger partial charge in [-0.1, -0.05) is 6.07 Å². The van der Waals surface area contributed by atoms with E-state index in [-0.39, 0.29) is 11.4 Å². The molecule has 84 valence electrons. The maximum Gasteiger partial charge on any atom is 0.356 e. The van der Waals surface area contributed by atoms with Crippen LogP contribution in [0.3, 0.4) is 0 Å². The van der Waals surface area contributed by atoms with Crippen LogP contribution in [0.15, 0.2) is 30.5 Å². The molecule has 6 nitrogen and oxygen atoms in total. The van der Waals surface area contributed by atoms with E-state index in [2.05, 4.69) is 10.1 Å². The van der Waals surface area contributed by atoms with Gasteiger partial charge in [-0.2, -0.15) is 0 Å². The van der Waals surface area contributed by atoms with Gasteiger partial charge in [-0.3, -0.25) is 0 Å². The molecule has 0 saturated carbocycles. The van der Waals surface area contributed by atoms with E-state index in [1.54, 1.807) is 24.4 Å². The molecule has 0 radical (unpaired) electrons. The summed E-state index contributed by atoms with van der Waals surface area (Å²) in [5.74, 6) is -0.945. The van der Waals surface area contributed by atoms with Crippen LogP contribution in [0.2, 0.25) is 0 Å². The molecule has 0 unspecified atom stereocenters. The van der Waals surface area contributed by atoms with Crippen LogP contribution in [0.4, 0.5) is 0 Å². The molecular formula is C11H8N3O3+. The van der Waals surface area contributed by atoms with Crippen molar-refractivity contribution in [1.29, 1.82) is 0 Å². The Morgan fingerprint density at radius 2 is 2.24 bits per heavy atom. The highest BCUT2D eigenvalue weighted by molar-refractivity contribution is 5.87. The number of fused-ring (bicyclic) bond motifs is 2. The first-order chi connectivity index (χ1) is 8.15. The SMILES string of the molecule is O=C(O)c1cc2nc3cccc(O)c3c[n+]2[nH]1. The third-order valence-corrected chi connectivity index (χ3v) is 2.54. The van der Waals surface area contributed by atoms with Gasteiger partial charge in [0.05, 0.1) is 6.07 Å². The Hall–Kier alpha value is -2.63. The van der Waals surface area contributed by atoms with E-state index in [4.69, 9.17) is 5.11 Å². The van der Waals surface area contributed by atoms with E-state index in [1.807, 2.05) is 0 Å². The van der Waals surface area contributed by atoms with Crippen molar-refractivity contribution in [3.05, 3.63) is 36.2 Å². The summed E-state index contributed by atoms with van der Waals surface area (Å²) in [4.78, 5) is 15.1. The number of aromatic hydroxyl groups is 1. The molecule has 0 aliphatic heterocycles. The first kappa shape index (κ1) is 9.59. The van der Waals surface area contributed by atoms with Crippen LogP contribution in [0.5, 0.6) is 5.75 Å². The van der Waals surface area contributed by atoms with Crippen molar-refractivity contribution in [2.45, 2.75) is 0 Å². The highest BCUT2D eigenvalue weighted by Crippen LogP contribution is 2.21. The summed E-state index contributed by atoms with van der Waals surface area (Å²) in [7, 11) is 0. The van der Waals surface area contributed by atoms with E-state index in [0.29, 0.717) is 16.6 Å². The van der Waals surface area contributed by atoms with Crippen molar-refractivity contribution < 1.29 is 19.5 Å². The number of carboxylic acids is 1. The molecule has 17 heavy (non-hydrogen) atoms. The highest BCUT2D eigenvalue weighted by atomic mass is 16.4. The summed E-state index contributed by atoms with van der Waals surface area (Å²) in [5, 5.41) is 21.7. The third-order valence-electron chi connectivity index (χ3n) is 2.54. The van der Waals surface area contributed by atoms with Crippen LogP contribution < -0.4 is 4.52 Å². The van der Waals surface area contributed by atoms with Gasteiger partial charge in [-0.05, 0) is 17.1 Å². The number of H-pyrrole nitrogens is 1. The van der Waals surface area contributed by atoms with Gasteiger partial charge in [0.2, 0.25) is 0 Å². The minimum Gasteiger partial charge on any atom is -0.507 e. The lowest BCUT2D eigenvalue weighted by Gasteiger charge is -1.93. The van der Waals surface area contributed by atoms with E-state index in [9.17, 15) is 9.90 Å². The number of rotatable bonds is 1. The van der Waals surface area contributed by atoms with Gasteiger partial charge in [0.25, 0.3) is 0 Å². The largest absolute Gasteiger partial charge is 0.507 e. The fourth-order valence-corrected chi connectivity index (χ4v) is 1.74. The number of hydrogen-bond donors (Lipinski definition) is 3. The van der Waals surface area contributed by atoms with Crippen molar-refractivity contribution in [2.75, 3.05) is 0 Å². The topological polar surface area (TPSA) is 90.3 Å². The van der Waals surface area contributed by atoms with Gasteiger partial charge in [0.15, 0.2) is 11.2 Å². The van der Waals surface area contributed by atoms with Gasteiger partial charge in [-0.25, -0.2) is 9.89 Å². The number of aromatic nitrogens is 3. The molecule has 6 heteroatoms. The second-order valence-corrected chi connectivity index (χ2v) is 3.65. The van der Waals surface area contributed by atoms with Crippen LogP contribution in [0.1, 0.15) is 10.5 Å². The Labute approximate surface area is 94.8 Å². The van der Waals surface area contributed by atoms with E-state index < -0.39 is 5.97 Å². The predicted octanol–water partition coefficient (Wildman–Crippen LogP) is 0.705. The second-order valence-electron chi connectivity index (χ2n) is 3.65. The fraction of sp³-hybridized carbons (Fsp3) is 0. The van der Waals surface area contributed by atoms with Gasteiger partial charge < -0.3 is 10.2 Å². The summed E-state index contributed by atoms with van der Waals surface area (Å²) in [6, 6.07) is 6.43. The number of nitrogens with zero attached hydrogens (tertiary/aromatic N) is 2. The highest BCUT2D eigenvalue weighted by Gasteiger charge is 2.17. The quantitative estimate of drug-likeness (QED) is 0.537. The summed E-state index contributed by atoms with van der Waals surface area (Å²) >= 11 is 0. The molecule has 2 aromatic heterocycles. The van der Waals surface area contributed by atoms with E-state index in [0.717, 1.165) is 0 Å². The Kier molecular flexibility index (Phi) is 1.79. The Balaban J connectivity index is 2.40. The number of phenolic OH excluding ortho intramolecular Hbond substituents is 1. The summed E-state index contributed by atoms with van der Waals surface area (Å²) in [6.45, 7) is 0. The first-order valence-electron chi connectivity index (χ1n) is 4.91. The van der Waals surface area contributed by atoms with Gasteiger partial charge >= 0.3 is 11.6 Å². The average Bonchev–Trinajstić information content (AvgIpc) is 2.70. The van der Waals surface area contributed by atoms with Crippen LogP contribution in [0, 0.1) is 0 Å². The van der Waals surface area contributed by atoms with Crippen LogP contribution in [-0.2, 0) is 0 Å². The van der Waals surface area contributed by atoms with Crippen molar-refractivity contribution in [1.82, 2.24) is 10.1 Å². The monoisotopic (exact) mass is 230 g/mol. The first-order valence-corrected chi connectivity index (χ1v) is 4.91. The fourth-order valence-electron chi connectivity index (χ4n) is 1.74. The molecule has 0 fully saturated rings. The van der Waals surface area contributed by atoms with Crippen LogP contribution in [0.25, 0.3) is 16.6 Å². The summed E-state index contributed by atoms with van der Waals surface area (Å²) < 4.78 is 1.46. The molecule has 0 atom stereocenters. The summed E-state index contributed by atoms with van der Waals surface area (Å²) in [5.41, 5.74) is 1.15. The number of hydrogen-bond acceptors (Lipinski definition) is 3. The lowest BCUT2D eigenvalue weighted by atomic mass is 10.2. The maximum absolute atomic E-state index is 10.8. The van der Waals surface area contributed by atoms with E-state index in [1.165, 1.54) is 10.6 Å². The molecule has 0 spiro atoms. The molecule has 3 aromatic rings. The maximum atomic E-state index is 10.8. The molecule has 3 rings (SSSR count). The zero-order valence-electron chi connectivity index (χ0n) is 8.58. The number of aromatic amines is 1. The van der Waals surface area contributed by atoms with Crippen LogP contribution in [-0.4, -0.2) is 26.3 Å². The number of carbonyl (C=O) groups is 1. The molecule has 0 amide bonds. The van der Waals surface area contributed by atoms with Gasteiger partial charge in [-0.15, -0.1) is 4.52 Å². The molecule has 0 aliphatic carbocycles. The van der Waals surface area contributed by atoms with E-state index >= 15 is 0 Å². The molecule has 0 saturated heterocycles. The van der Waals surface area contributed by atoms with Gasteiger partial charge in [0.1, 0.15) is 17.3 Å². The molecule has 2 heterocycles. The minimum atomic E-state index is -1.05. The summed E-state index contributed by atoms with van der Waals surface area (Å²) in [6.07, 6.45) is 1.61.